The molecule has 1 aliphatic carbocycles. The van der Waals surface area contributed by atoms with Gasteiger partial charge in [-0.05, 0) is 42.6 Å². The van der Waals surface area contributed by atoms with Gasteiger partial charge in [0.25, 0.3) is 0 Å². The minimum Gasteiger partial charge on any atom is -0.356 e. The molecule has 0 radical (unpaired) electrons. The van der Waals surface area contributed by atoms with Crippen molar-refractivity contribution < 1.29 is 4.79 Å². The summed E-state index contributed by atoms with van der Waals surface area (Å²) in [5.41, 5.74) is 0.208. The maximum absolute atomic E-state index is 11.7. The molecule has 0 aromatic carbocycles. The van der Waals surface area contributed by atoms with Crippen molar-refractivity contribution in [2.45, 2.75) is 25.7 Å². The summed E-state index contributed by atoms with van der Waals surface area (Å²) < 4.78 is 0.804. The van der Waals surface area contributed by atoms with Crippen molar-refractivity contribution in [3.8, 4) is 0 Å². The molecular weight excluding hydrogens is 274 g/mol. The van der Waals surface area contributed by atoms with Gasteiger partial charge in [0.2, 0.25) is 5.91 Å². The number of amides is 1. The third kappa shape index (κ3) is 3.90. The number of nitrogens with one attached hydrogen (secondary N) is 1. The molecule has 1 heterocycles. The van der Waals surface area contributed by atoms with Crippen LogP contribution in [0.2, 0.25) is 4.34 Å². The normalized spacial score (nSPS) is 16.8. The molecule has 2 nitrogen and oxygen atoms in total. The van der Waals surface area contributed by atoms with Crippen LogP contribution in [0.3, 0.4) is 0 Å². The second-order valence-electron chi connectivity index (χ2n) is 4.64. The first-order valence-electron chi connectivity index (χ1n) is 5.75. The molecule has 1 saturated carbocycles. The number of halogens is 1. The van der Waals surface area contributed by atoms with E-state index in [0.29, 0.717) is 13.0 Å². The van der Waals surface area contributed by atoms with E-state index in [1.807, 2.05) is 12.1 Å². The van der Waals surface area contributed by atoms with E-state index in [-0.39, 0.29) is 11.3 Å². The van der Waals surface area contributed by atoms with Crippen LogP contribution >= 0.6 is 35.6 Å². The van der Waals surface area contributed by atoms with Crippen LogP contribution in [0.15, 0.2) is 12.1 Å². The van der Waals surface area contributed by atoms with Crippen molar-refractivity contribution >= 4 is 41.5 Å². The molecule has 1 fully saturated rings. The van der Waals surface area contributed by atoms with Gasteiger partial charge in [-0.1, -0.05) is 11.6 Å². The van der Waals surface area contributed by atoms with E-state index in [1.165, 1.54) is 4.88 Å². The van der Waals surface area contributed by atoms with Crippen molar-refractivity contribution in [1.29, 1.82) is 0 Å². The fraction of sp³-hybridized carbons (Fsp3) is 0.583. The van der Waals surface area contributed by atoms with Gasteiger partial charge in [-0.2, -0.15) is 12.6 Å². The summed E-state index contributed by atoms with van der Waals surface area (Å²) in [4.78, 5) is 12.9. The van der Waals surface area contributed by atoms with Crippen molar-refractivity contribution in [2.75, 3.05) is 12.3 Å². The molecule has 94 valence electrons. The van der Waals surface area contributed by atoms with Gasteiger partial charge in [-0.25, -0.2) is 0 Å². The van der Waals surface area contributed by atoms with Crippen molar-refractivity contribution in [3.63, 3.8) is 0 Å². The zero-order valence-electron chi connectivity index (χ0n) is 9.54. The van der Waals surface area contributed by atoms with Crippen LogP contribution in [0.1, 0.15) is 24.1 Å². The SMILES string of the molecule is O=C(CC1(CS)CC1)NCCc1ccc(Cl)s1. The van der Waals surface area contributed by atoms with Gasteiger partial charge in [0.1, 0.15) is 0 Å². The minimum atomic E-state index is 0.152. The maximum atomic E-state index is 11.7. The number of rotatable bonds is 6. The molecule has 0 atom stereocenters. The van der Waals surface area contributed by atoms with E-state index < -0.39 is 0 Å². The summed E-state index contributed by atoms with van der Waals surface area (Å²) >= 11 is 11.7. The molecule has 1 aliphatic rings. The highest BCUT2D eigenvalue weighted by atomic mass is 35.5. The summed E-state index contributed by atoms with van der Waals surface area (Å²) in [7, 11) is 0. The Labute approximate surface area is 116 Å². The highest BCUT2D eigenvalue weighted by Gasteiger charge is 2.42. The molecule has 1 aromatic rings. The second kappa shape index (κ2) is 5.63. The Kier molecular flexibility index (Phi) is 4.39. The Bertz CT molecular complexity index is 401. The first kappa shape index (κ1) is 13.2. The number of carbonyl (C=O) groups excluding carboxylic acids is 1. The third-order valence-corrected chi connectivity index (χ3v) is 5.11. The number of hydrogen-bond acceptors (Lipinski definition) is 3. The largest absolute Gasteiger partial charge is 0.356 e. The second-order valence-corrected chi connectivity index (χ2v) is 6.76. The van der Waals surface area contributed by atoms with Gasteiger partial charge < -0.3 is 5.32 Å². The molecule has 2 rings (SSSR count). The predicted octanol–water partition coefficient (Wildman–Crippen LogP) is 3.16. The molecule has 5 heteroatoms. The molecular formula is C12H16ClNOS2. The van der Waals surface area contributed by atoms with Gasteiger partial charge in [-0.3, -0.25) is 4.79 Å². The lowest BCUT2D eigenvalue weighted by molar-refractivity contribution is -0.122. The summed E-state index contributed by atoms with van der Waals surface area (Å²) in [6, 6.07) is 3.90. The Morgan fingerprint density at radius 2 is 2.29 bits per heavy atom. The molecule has 17 heavy (non-hydrogen) atoms. The average Bonchev–Trinajstić information content (AvgIpc) is 2.95. The molecule has 1 aromatic heterocycles. The Balaban J connectivity index is 1.66. The quantitative estimate of drug-likeness (QED) is 0.774. The zero-order valence-corrected chi connectivity index (χ0v) is 12.0. The summed E-state index contributed by atoms with van der Waals surface area (Å²) in [5.74, 6) is 0.972. The standard InChI is InChI=1S/C12H16ClNOS2/c13-10-2-1-9(17-10)3-6-14-11(15)7-12(8-16)4-5-12/h1-2,16H,3-8H2,(H,14,15). The Morgan fingerprint density at radius 1 is 1.53 bits per heavy atom. The summed E-state index contributed by atoms with van der Waals surface area (Å²) in [6.07, 6.45) is 3.77. The van der Waals surface area contributed by atoms with Crippen molar-refractivity contribution in [3.05, 3.63) is 21.3 Å². The lowest BCUT2D eigenvalue weighted by Crippen LogP contribution is -2.28. The van der Waals surface area contributed by atoms with Gasteiger partial charge in [0, 0.05) is 17.8 Å². The van der Waals surface area contributed by atoms with Gasteiger partial charge >= 0.3 is 0 Å². The molecule has 0 spiro atoms. The van der Waals surface area contributed by atoms with Crippen molar-refractivity contribution in [2.24, 2.45) is 5.41 Å². The maximum Gasteiger partial charge on any atom is 0.220 e. The van der Waals surface area contributed by atoms with Crippen LogP contribution in [0.5, 0.6) is 0 Å². The van der Waals surface area contributed by atoms with Crippen LogP contribution in [-0.4, -0.2) is 18.2 Å². The monoisotopic (exact) mass is 289 g/mol. The van der Waals surface area contributed by atoms with E-state index in [1.54, 1.807) is 11.3 Å². The molecule has 0 saturated heterocycles. The molecule has 0 unspecified atom stereocenters. The molecule has 1 N–H and O–H groups in total. The van der Waals surface area contributed by atoms with E-state index in [0.717, 1.165) is 29.4 Å². The number of thiophene rings is 1. The topological polar surface area (TPSA) is 29.1 Å². The lowest BCUT2D eigenvalue weighted by Gasteiger charge is -2.11. The molecule has 0 bridgehead atoms. The highest BCUT2D eigenvalue weighted by molar-refractivity contribution is 7.80. The Hall–Kier alpha value is -0.190. The van der Waals surface area contributed by atoms with E-state index in [4.69, 9.17) is 11.6 Å². The first-order valence-corrected chi connectivity index (χ1v) is 7.58. The molecule has 1 amide bonds. The summed E-state index contributed by atoms with van der Waals surface area (Å²) in [6.45, 7) is 0.693. The number of hydrogen-bond donors (Lipinski definition) is 2. The number of carbonyl (C=O) groups is 1. The predicted molar refractivity (Wildman–Crippen MR) is 76.2 cm³/mol. The van der Waals surface area contributed by atoms with Crippen LogP contribution in [-0.2, 0) is 11.2 Å². The third-order valence-electron chi connectivity index (χ3n) is 3.15. The van der Waals surface area contributed by atoms with Crippen LogP contribution in [0.25, 0.3) is 0 Å². The van der Waals surface area contributed by atoms with Gasteiger partial charge in [0.15, 0.2) is 0 Å². The van der Waals surface area contributed by atoms with Gasteiger partial charge in [-0.15, -0.1) is 11.3 Å². The van der Waals surface area contributed by atoms with Crippen LogP contribution < -0.4 is 5.32 Å². The average molecular weight is 290 g/mol. The Morgan fingerprint density at radius 3 is 2.82 bits per heavy atom. The van der Waals surface area contributed by atoms with E-state index in [9.17, 15) is 4.79 Å². The number of thiol groups is 1. The lowest BCUT2D eigenvalue weighted by atomic mass is 10.1. The smallest absolute Gasteiger partial charge is 0.220 e. The zero-order chi connectivity index (χ0) is 12.3. The van der Waals surface area contributed by atoms with Crippen molar-refractivity contribution in [1.82, 2.24) is 5.32 Å². The first-order chi connectivity index (χ1) is 8.13. The van der Waals surface area contributed by atoms with Crippen LogP contribution in [0.4, 0.5) is 0 Å². The summed E-state index contributed by atoms with van der Waals surface area (Å²) in [5, 5.41) is 2.96. The van der Waals surface area contributed by atoms with E-state index in [2.05, 4.69) is 17.9 Å². The van der Waals surface area contributed by atoms with E-state index >= 15 is 0 Å². The fourth-order valence-corrected chi connectivity index (χ4v) is 3.30. The van der Waals surface area contributed by atoms with Gasteiger partial charge in [0.05, 0.1) is 4.34 Å². The fourth-order valence-electron chi connectivity index (χ4n) is 1.78. The minimum absolute atomic E-state index is 0.152. The van der Waals surface area contributed by atoms with Crippen LogP contribution in [0, 0.1) is 5.41 Å². The highest BCUT2D eigenvalue weighted by Crippen LogP contribution is 2.49. The molecule has 0 aliphatic heterocycles.